The molecule has 0 aliphatic rings. The average Bonchev–Trinajstić information content (AvgIpc) is 2.47. The molecule has 2 N–H and O–H groups in total. The van der Waals surface area contributed by atoms with E-state index in [9.17, 15) is 4.79 Å². The predicted molar refractivity (Wildman–Crippen MR) is 87.5 cm³/mol. The van der Waals surface area contributed by atoms with E-state index in [4.69, 9.17) is 9.47 Å². The van der Waals surface area contributed by atoms with Crippen LogP contribution in [0, 0.1) is 0 Å². The molecule has 0 spiro atoms. The van der Waals surface area contributed by atoms with Gasteiger partial charge in [-0.25, -0.2) is 0 Å². The zero-order valence-corrected chi connectivity index (χ0v) is 14.5. The lowest BCUT2D eigenvalue weighted by Gasteiger charge is -2.22. The lowest BCUT2D eigenvalue weighted by atomic mass is 10.1. The number of hydrogen-bond donors (Lipinski definition) is 2. The van der Waals surface area contributed by atoms with E-state index in [2.05, 4.69) is 5.32 Å². The van der Waals surface area contributed by atoms with Gasteiger partial charge in [0.2, 0.25) is 0 Å². The Balaban J connectivity index is 2.75. The first-order valence-electron chi connectivity index (χ1n) is 7.81. The number of carbonyl (C=O) groups excluding carboxylic acids is 1. The number of hydrogen-bond acceptors (Lipinski definition) is 3. The number of likely N-dealkylation sites (N-methyl/N-ethyl adjacent to an activating group) is 1. The number of rotatable bonds is 8. The fourth-order valence-electron chi connectivity index (χ4n) is 2.21. The number of quaternary nitrogens is 1. The van der Waals surface area contributed by atoms with E-state index in [0.717, 1.165) is 28.5 Å². The van der Waals surface area contributed by atoms with Gasteiger partial charge in [-0.3, -0.25) is 4.79 Å². The molecular weight excluding hydrogens is 280 g/mol. The van der Waals surface area contributed by atoms with Gasteiger partial charge in [0, 0.05) is 11.6 Å². The van der Waals surface area contributed by atoms with Crippen molar-refractivity contribution in [2.45, 2.75) is 46.3 Å². The quantitative estimate of drug-likeness (QED) is 0.754. The second kappa shape index (κ2) is 8.63. The summed E-state index contributed by atoms with van der Waals surface area (Å²) in [5, 5.41) is 2.95. The van der Waals surface area contributed by atoms with Crippen molar-refractivity contribution < 1.29 is 19.2 Å². The van der Waals surface area contributed by atoms with E-state index < -0.39 is 0 Å². The standard InChI is InChI=1S/C17H28N2O3/c1-7-22-15-9-8-14(10-16(15)21-6)11-19(5)13(4)17(20)18-12(2)3/h8-10,12-13H,7,11H2,1-6H3,(H,18,20)/p+1/t13-/m0/s1. The van der Waals surface area contributed by atoms with E-state index in [1.165, 1.54) is 0 Å². The Morgan fingerprint density at radius 2 is 1.95 bits per heavy atom. The lowest BCUT2D eigenvalue weighted by molar-refractivity contribution is -0.908. The van der Waals surface area contributed by atoms with Crippen molar-refractivity contribution in [3.05, 3.63) is 23.8 Å². The molecule has 1 aromatic carbocycles. The Hall–Kier alpha value is -1.75. The highest BCUT2D eigenvalue weighted by Crippen LogP contribution is 2.27. The van der Waals surface area contributed by atoms with Crippen LogP contribution < -0.4 is 19.7 Å². The van der Waals surface area contributed by atoms with Crippen LogP contribution in [-0.2, 0) is 11.3 Å². The fraction of sp³-hybridized carbons (Fsp3) is 0.588. The molecule has 124 valence electrons. The summed E-state index contributed by atoms with van der Waals surface area (Å²) in [7, 11) is 3.66. The molecule has 1 aromatic rings. The third-order valence-electron chi connectivity index (χ3n) is 3.57. The summed E-state index contributed by atoms with van der Waals surface area (Å²) in [6.45, 7) is 9.18. The maximum absolute atomic E-state index is 12.1. The smallest absolute Gasteiger partial charge is 0.278 e. The van der Waals surface area contributed by atoms with E-state index >= 15 is 0 Å². The van der Waals surface area contributed by atoms with Crippen molar-refractivity contribution in [3.8, 4) is 11.5 Å². The highest BCUT2D eigenvalue weighted by molar-refractivity contribution is 5.80. The van der Waals surface area contributed by atoms with Crippen LogP contribution in [0.1, 0.15) is 33.3 Å². The minimum absolute atomic E-state index is 0.0744. The summed E-state index contributed by atoms with van der Waals surface area (Å²) in [6, 6.07) is 5.96. The molecule has 0 aliphatic carbocycles. The summed E-state index contributed by atoms with van der Waals surface area (Å²) in [5.74, 6) is 1.55. The second-order valence-corrected chi connectivity index (χ2v) is 5.83. The van der Waals surface area contributed by atoms with E-state index in [1.807, 2.05) is 52.9 Å². The molecule has 1 unspecified atom stereocenters. The second-order valence-electron chi connectivity index (χ2n) is 5.83. The van der Waals surface area contributed by atoms with Gasteiger partial charge in [0.1, 0.15) is 6.54 Å². The van der Waals surface area contributed by atoms with Crippen molar-refractivity contribution >= 4 is 5.91 Å². The Bertz CT molecular complexity index is 489. The van der Waals surface area contributed by atoms with Gasteiger partial charge in [-0.1, -0.05) is 0 Å². The Morgan fingerprint density at radius 1 is 1.27 bits per heavy atom. The molecule has 5 heteroatoms. The number of amides is 1. The average molecular weight is 309 g/mol. The van der Waals surface area contributed by atoms with Crippen molar-refractivity contribution in [1.29, 1.82) is 0 Å². The molecule has 0 saturated carbocycles. The number of methoxy groups -OCH3 is 1. The van der Waals surface area contributed by atoms with Crippen LogP contribution in [0.3, 0.4) is 0 Å². The molecule has 0 heterocycles. The zero-order valence-electron chi connectivity index (χ0n) is 14.5. The largest absolute Gasteiger partial charge is 0.493 e. The molecule has 22 heavy (non-hydrogen) atoms. The van der Waals surface area contributed by atoms with Crippen molar-refractivity contribution in [2.24, 2.45) is 0 Å². The van der Waals surface area contributed by atoms with Crippen molar-refractivity contribution in [2.75, 3.05) is 20.8 Å². The number of ether oxygens (including phenoxy) is 2. The van der Waals surface area contributed by atoms with Crippen LogP contribution in [0.4, 0.5) is 0 Å². The van der Waals surface area contributed by atoms with Crippen LogP contribution in [0.25, 0.3) is 0 Å². The van der Waals surface area contributed by atoms with Crippen LogP contribution in [0.15, 0.2) is 18.2 Å². The molecule has 2 atom stereocenters. The number of benzene rings is 1. The zero-order chi connectivity index (χ0) is 16.7. The SMILES string of the molecule is CCOc1ccc(C[NH+](C)[C@@H](C)C(=O)NC(C)C)cc1OC. The first-order valence-corrected chi connectivity index (χ1v) is 7.81. The molecule has 0 saturated heterocycles. The van der Waals surface area contributed by atoms with Gasteiger partial charge in [0.05, 0.1) is 20.8 Å². The van der Waals surface area contributed by atoms with Crippen LogP contribution in [0.5, 0.6) is 11.5 Å². The van der Waals surface area contributed by atoms with E-state index in [0.29, 0.717) is 6.61 Å². The molecule has 0 aromatic heterocycles. The maximum atomic E-state index is 12.1. The van der Waals surface area contributed by atoms with Gasteiger partial charge < -0.3 is 19.7 Å². The van der Waals surface area contributed by atoms with Crippen molar-refractivity contribution in [1.82, 2.24) is 5.32 Å². The maximum Gasteiger partial charge on any atom is 0.278 e. The third-order valence-corrected chi connectivity index (χ3v) is 3.57. The molecule has 0 fully saturated rings. The number of carbonyl (C=O) groups is 1. The third kappa shape index (κ3) is 5.22. The van der Waals surface area contributed by atoms with Gasteiger partial charge >= 0.3 is 0 Å². The highest BCUT2D eigenvalue weighted by atomic mass is 16.5. The predicted octanol–water partition coefficient (Wildman–Crippen LogP) is 1.02. The first-order chi connectivity index (χ1) is 10.4. The summed E-state index contributed by atoms with van der Waals surface area (Å²) < 4.78 is 10.9. The minimum atomic E-state index is -0.111. The van der Waals surface area contributed by atoms with Gasteiger partial charge in [-0.2, -0.15) is 0 Å². The van der Waals surface area contributed by atoms with Gasteiger partial charge in [0.25, 0.3) is 5.91 Å². The van der Waals surface area contributed by atoms with Gasteiger partial charge in [-0.05, 0) is 45.9 Å². The molecule has 1 amide bonds. The van der Waals surface area contributed by atoms with Gasteiger partial charge in [0.15, 0.2) is 17.5 Å². The fourth-order valence-corrected chi connectivity index (χ4v) is 2.21. The lowest BCUT2D eigenvalue weighted by Crippen LogP contribution is -3.12. The molecule has 1 rings (SSSR count). The number of nitrogens with one attached hydrogen (secondary N) is 2. The molecule has 5 nitrogen and oxygen atoms in total. The van der Waals surface area contributed by atoms with E-state index in [1.54, 1.807) is 7.11 Å². The van der Waals surface area contributed by atoms with Crippen molar-refractivity contribution in [3.63, 3.8) is 0 Å². The Labute approximate surface area is 133 Å². The Morgan fingerprint density at radius 3 is 2.50 bits per heavy atom. The monoisotopic (exact) mass is 309 g/mol. The normalized spacial score (nSPS) is 13.6. The van der Waals surface area contributed by atoms with Crippen LogP contribution >= 0.6 is 0 Å². The highest BCUT2D eigenvalue weighted by Gasteiger charge is 2.22. The van der Waals surface area contributed by atoms with E-state index in [-0.39, 0.29) is 18.0 Å². The summed E-state index contributed by atoms with van der Waals surface area (Å²) in [4.78, 5) is 13.2. The van der Waals surface area contributed by atoms with Gasteiger partial charge in [-0.15, -0.1) is 0 Å². The molecule has 0 bridgehead atoms. The first kappa shape index (κ1) is 18.3. The molecule has 0 aliphatic heterocycles. The minimum Gasteiger partial charge on any atom is -0.493 e. The van der Waals surface area contributed by atoms with Crippen LogP contribution in [0.2, 0.25) is 0 Å². The van der Waals surface area contributed by atoms with Crippen LogP contribution in [-0.4, -0.2) is 38.8 Å². The molecule has 0 radical (unpaired) electrons. The topological polar surface area (TPSA) is 52.0 Å². The summed E-state index contributed by atoms with van der Waals surface area (Å²) >= 11 is 0. The molecular formula is C17H29N2O3+. The Kier molecular flexibility index (Phi) is 7.18. The summed E-state index contributed by atoms with van der Waals surface area (Å²) in [5.41, 5.74) is 1.11. The summed E-state index contributed by atoms with van der Waals surface area (Å²) in [6.07, 6.45) is 0.